The van der Waals surface area contributed by atoms with Crippen LogP contribution >= 0.6 is 11.6 Å². The minimum Gasteiger partial charge on any atom is -0.289 e. The summed E-state index contributed by atoms with van der Waals surface area (Å²) in [5, 5.41) is 0.655. The first-order chi connectivity index (χ1) is 15.2. The molecule has 4 aromatic rings. The maximum Gasteiger partial charge on any atom is 0.195 e. The molecule has 1 aliphatic rings. The maximum absolute atomic E-state index is 13.7. The van der Waals surface area contributed by atoms with E-state index in [-0.39, 0.29) is 5.78 Å². The van der Waals surface area contributed by atoms with Crippen molar-refractivity contribution in [3.8, 4) is 0 Å². The molecule has 5 rings (SSSR count). The van der Waals surface area contributed by atoms with Crippen molar-refractivity contribution in [1.82, 2.24) is 0 Å². The van der Waals surface area contributed by atoms with E-state index in [4.69, 9.17) is 11.6 Å². The van der Waals surface area contributed by atoms with Gasteiger partial charge in [0.05, 0.1) is 0 Å². The lowest BCUT2D eigenvalue weighted by Gasteiger charge is -2.30. The Balaban J connectivity index is 1.83. The summed E-state index contributed by atoms with van der Waals surface area (Å²) in [4.78, 5) is 13.7. The van der Waals surface area contributed by atoms with Gasteiger partial charge >= 0.3 is 0 Å². The van der Waals surface area contributed by atoms with Crippen LogP contribution in [0.15, 0.2) is 121 Å². The van der Waals surface area contributed by atoms with Crippen LogP contribution in [0.25, 0.3) is 16.7 Å². The molecule has 0 unspecified atom stereocenters. The zero-order valence-corrected chi connectivity index (χ0v) is 17.5. The van der Waals surface area contributed by atoms with Crippen molar-refractivity contribution in [3.63, 3.8) is 0 Å². The first-order valence-corrected chi connectivity index (χ1v) is 10.6. The first-order valence-electron chi connectivity index (χ1n) is 10.2. The summed E-state index contributed by atoms with van der Waals surface area (Å²) in [5.41, 5.74) is 7.42. The highest BCUT2D eigenvalue weighted by molar-refractivity contribution is 6.52. The van der Waals surface area contributed by atoms with Gasteiger partial charge in [0.25, 0.3) is 0 Å². The van der Waals surface area contributed by atoms with Crippen LogP contribution < -0.4 is 0 Å². The number of carbonyl (C=O) groups excluding carboxylic acids is 1. The minimum absolute atomic E-state index is 0.0591. The number of benzene rings is 4. The van der Waals surface area contributed by atoms with Gasteiger partial charge in [-0.3, -0.25) is 4.79 Å². The predicted octanol–water partition coefficient (Wildman–Crippen LogP) is 7.34. The molecular weight excluding hydrogens is 400 g/mol. The van der Waals surface area contributed by atoms with Crippen LogP contribution in [-0.2, 0) is 4.79 Å². The number of halogens is 1. The third-order valence-electron chi connectivity index (χ3n) is 5.52. The SMILES string of the molecule is O=C1C(=C(c2ccccc2)c2ccccc2)C(c2ccccc2)=C1c1ccc(Cl)cc1. The van der Waals surface area contributed by atoms with Gasteiger partial charge in [-0.1, -0.05) is 115 Å². The number of carbonyl (C=O) groups is 1. The minimum atomic E-state index is 0.0591. The van der Waals surface area contributed by atoms with Crippen LogP contribution in [0.1, 0.15) is 22.3 Å². The average Bonchev–Trinajstić information content (AvgIpc) is 2.83. The number of rotatable bonds is 4. The number of allylic oxidation sites excluding steroid dienone is 3. The van der Waals surface area contributed by atoms with E-state index in [1.165, 1.54) is 0 Å². The predicted molar refractivity (Wildman–Crippen MR) is 129 cm³/mol. The Hall–Kier alpha value is -3.68. The summed E-state index contributed by atoms with van der Waals surface area (Å²) in [7, 11) is 0. The second-order valence-corrected chi connectivity index (χ2v) is 7.87. The molecule has 0 N–H and O–H groups in total. The summed E-state index contributed by atoms with van der Waals surface area (Å²) in [6, 6.07) is 37.9. The quantitative estimate of drug-likeness (QED) is 0.317. The van der Waals surface area contributed by atoms with E-state index in [1.807, 2.05) is 78.9 Å². The summed E-state index contributed by atoms with van der Waals surface area (Å²) >= 11 is 6.10. The maximum atomic E-state index is 13.7. The van der Waals surface area contributed by atoms with Gasteiger partial charge in [-0.2, -0.15) is 0 Å². The Labute approximate surface area is 187 Å². The van der Waals surface area contributed by atoms with Crippen molar-refractivity contribution in [2.24, 2.45) is 0 Å². The van der Waals surface area contributed by atoms with Crippen LogP contribution in [-0.4, -0.2) is 5.78 Å². The Bertz CT molecular complexity index is 1260. The van der Waals surface area contributed by atoms with Crippen molar-refractivity contribution < 1.29 is 4.79 Å². The molecule has 0 heterocycles. The molecule has 0 aromatic heterocycles. The molecule has 0 spiro atoms. The molecule has 0 fully saturated rings. The highest BCUT2D eigenvalue weighted by atomic mass is 35.5. The zero-order valence-electron chi connectivity index (χ0n) is 16.8. The van der Waals surface area contributed by atoms with E-state index < -0.39 is 0 Å². The van der Waals surface area contributed by atoms with Crippen molar-refractivity contribution in [2.75, 3.05) is 0 Å². The van der Waals surface area contributed by atoms with Gasteiger partial charge in [0.15, 0.2) is 5.78 Å². The zero-order chi connectivity index (χ0) is 21.2. The summed E-state index contributed by atoms with van der Waals surface area (Å²) in [6.07, 6.45) is 0. The summed E-state index contributed by atoms with van der Waals surface area (Å²) in [5.74, 6) is 0.0591. The fraction of sp³-hybridized carbons (Fsp3) is 0. The van der Waals surface area contributed by atoms with Gasteiger partial charge in [-0.25, -0.2) is 0 Å². The van der Waals surface area contributed by atoms with Crippen LogP contribution in [0.4, 0.5) is 0 Å². The smallest absolute Gasteiger partial charge is 0.195 e. The van der Waals surface area contributed by atoms with Crippen LogP contribution in [0.2, 0.25) is 5.02 Å². The second kappa shape index (κ2) is 8.22. The van der Waals surface area contributed by atoms with Crippen molar-refractivity contribution in [2.45, 2.75) is 0 Å². The monoisotopic (exact) mass is 418 g/mol. The highest BCUT2D eigenvalue weighted by Gasteiger charge is 2.38. The molecule has 0 saturated heterocycles. The van der Waals surface area contributed by atoms with E-state index >= 15 is 0 Å². The molecule has 148 valence electrons. The number of hydrogen-bond donors (Lipinski definition) is 0. The first kappa shape index (κ1) is 19.3. The molecule has 0 saturated carbocycles. The number of ketones is 1. The molecular formula is C29H19ClO. The van der Waals surface area contributed by atoms with E-state index in [2.05, 4.69) is 36.4 Å². The van der Waals surface area contributed by atoms with Gasteiger partial charge in [0.2, 0.25) is 0 Å². The van der Waals surface area contributed by atoms with Gasteiger partial charge < -0.3 is 0 Å². The largest absolute Gasteiger partial charge is 0.289 e. The van der Waals surface area contributed by atoms with Gasteiger partial charge in [0.1, 0.15) is 0 Å². The molecule has 0 amide bonds. The van der Waals surface area contributed by atoms with Crippen molar-refractivity contribution >= 4 is 34.1 Å². The number of hydrogen-bond acceptors (Lipinski definition) is 1. The third kappa shape index (κ3) is 3.54. The van der Waals surface area contributed by atoms with Crippen molar-refractivity contribution in [3.05, 3.63) is 148 Å². The molecule has 1 nitrogen and oxygen atoms in total. The van der Waals surface area contributed by atoms with Crippen molar-refractivity contribution in [1.29, 1.82) is 0 Å². The standard InChI is InChI=1S/C29H19ClO/c30-24-18-16-23(17-19-24)27-26(22-14-8-3-9-15-22)28(29(27)31)25(20-10-4-1-5-11-20)21-12-6-2-7-13-21/h1-19H. The molecule has 2 heteroatoms. The molecule has 31 heavy (non-hydrogen) atoms. The van der Waals surface area contributed by atoms with Gasteiger partial charge in [-0.05, 0) is 34.4 Å². The topological polar surface area (TPSA) is 17.1 Å². The van der Waals surface area contributed by atoms with Gasteiger partial charge in [-0.15, -0.1) is 0 Å². The second-order valence-electron chi connectivity index (χ2n) is 7.43. The van der Waals surface area contributed by atoms with Crippen LogP contribution in [0, 0.1) is 0 Å². The molecule has 0 radical (unpaired) electrons. The molecule has 1 aliphatic carbocycles. The fourth-order valence-electron chi connectivity index (χ4n) is 4.10. The lowest BCUT2D eigenvalue weighted by atomic mass is 9.70. The fourth-order valence-corrected chi connectivity index (χ4v) is 4.23. The van der Waals surface area contributed by atoms with E-state index in [9.17, 15) is 4.79 Å². The average molecular weight is 419 g/mol. The molecule has 4 aromatic carbocycles. The van der Waals surface area contributed by atoms with E-state index in [1.54, 1.807) is 0 Å². The lowest BCUT2D eigenvalue weighted by molar-refractivity contribution is -0.110. The summed E-state index contributed by atoms with van der Waals surface area (Å²) in [6.45, 7) is 0. The third-order valence-corrected chi connectivity index (χ3v) is 5.78. The Kier molecular flexibility index (Phi) is 5.11. The van der Waals surface area contributed by atoms with Gasteiger partial charge in [0, 0.05) is 27.3 Å². The summed E-state index contributed by atoms with van der Waals surface area (Å²) < 4.78 is 0. The normalized spacial score (nSPS) is 13.2. The molecule has 0 atom stereocenters. The molecule has 0 aliphatic heterocycles. The number of Topliss-reactive ketones (excluding diaryl/α,β-unsaturated/α-hetero) is 1. The Morgan fingerprint density at radius 3 is 1.48 bits per heavy atom. The van der Waals surface area contributed by atoms with E-state index in [0.717, 1.165) is 44.5 Å². The highest BCUT2D eigenvalue weighted by Crippen LogP contribution is 2.48. The van der Waals surface area contributed by atoms with Crippen LogP contribution in [0.5, 0.6) is 0 Å². The van der Waals surface area contributed by atoms with Crippen LogP contribution in [0.3, 0.4) is 0 Å². The van der Waals surface area contributed by atoms with E-state index in [0.29, 0.717) is 5.02 Å². The Morgan fingerprint density at radius 2 is 0.968 bits per heavy atom. The molecule has 0 bridgehead atoms. The Morgan fingerprint density at radius 1 is 0.516 bits per heavy atom. The lowest BCUT2D eigenvalue weighted by Crippen LogP contribution is -2.22.